The Balaban J connectivity index is 1.16. The molecule has 0 unspecified atom stereocenters. The Morgan fingerprint density at radius 1 is 0.683 bits per heavy atom. The lowest BCUT2D eigenvalue weighted by atomic mass is 9.31. The minimum absolute atomic E-state index is 0.0158. The topological polar surface area (TPSA) is 35.5 Å². The van der Waals surface area contributed by atoms with E-state index in [0.717, 1.165) is 30.8 Å². The van der Waals surface area contributed by atoms with Gasteiger partial charge in [-0.25, -0.2) is 0 Å². The van der Waals surface area contributed by atoms with Crippen LogP contribution >= 0.6 is 0 Å². The van der Waals surface area contributed by atoms with Crippen LogP contribution in [0.3, 0.4) is 0 Å². The lowest BCUT2D eigenvalue weighted by Gasteiger charge is -2.73. The molecule has 0 aromatic carbocycles. The first-order valence-corrected chi connectivity index (χ1v) is 17.6. The molecule has 1 saturated heterocycles. The molecule has 7 rings (SSSR count). The van der Waals surface area contributed by atoms with E-state index in [1.54, 1.807) is 0 Å². The number of ether oxygens (including phenoxy) is 2. The molecule has 0 amide bonds. The summed E-state index contributed by atoms with van der Waals surface area (Å²) in [5.74, 6) is 3.04. The fourth-order valence-corrected chi connectivity index (χ4v) is 14.2. The first-order valence-electron chi connectivity index (χ1n) is 17.6. The van der Waals surface area contributed by atoms with Gasteiger partial charge >= 0.3 is 5.97 Å². The van der Waals surface area contributed by atoms with Crippen LogP contribution in [-0.4, -0.2) is 24.8 Å². The molecule has 10 atom stereocenters. The summed E-state index contributed by atoms with van der Waals surface area (Å²) in [7, 11) is 0. The molecular formula is C38H62O3. The van der Waals surface area contributed by atoms with Crippen LogP contribution < -0.4 is 0 Å². The zero-order valence-corrected chi connectivity index (χ0v) is 28.5. The van der Waals surface area contributed by atoms with Crippen molar-refractivity contribution < 1.29 is 14.3 Å². The van der Waals surface area contributed by atoms with Gasteiger partial charge in [-0.3, -0.25) is 4.79 Å². The van der Waals surface area contributed by atoms with E-state index >= 15 is 0 Å². The van der Waals surface area contributed by atoms with Gasteiger partial charge in [0.25, 0.3) is 0 Å². The quantitative estimate of drug-likeness (QED) is 0.312. The van der Waals surface area contributed by atoms with E-state index in [2.05, 4.69) is 76.2 Å². The standard InChI is InChI=1S/C38H62O3/c1-31(2)18-20-38-21-19-36(10)23(27(38)29(31)40-22-38)12-13-25-35(9)16-15-26(32(3,4)24(35)14-17-37(25,36)11)41-30(39)28-33(5,6)34(28,7)8/h23-29H,12-22H2,1-11H3/t23-,24+,25-,26+,27+,29-,35+,36-,37-,38-/m1/s1. The molecule has 0 aromatic rings. The van der Waals surface area contributed by atoms with Gasteiger partial charge in [-0.15, -0.1) is 0 Å². The summed E-state index contributed by atoms with van der Waals surface area (Å²) in [4.78, 5) is 13.5. The summed E-state index contributed by atoms with van der Waals surface area (Å²) in [6.45, 7) is 28.0. The average molecular weight is 567 g/mol. The van der Waals surface area contributed by atoms with Gasteiger partial charge in [-0.1, -0.05) is 76.2 Å². The number of carbonyl (C=O) groups excluding carboxylic acids is 1. The normalized spacial score (nSPS) is 53.7. The van der Waals surface area contributed by atoms with Crippen molar-refractivity contribution in [3.8, 4) is 0 Å². The third-order valence-corrected chi connectivity index (χ3v) is 17.6. The minimum atomic E-state index is 0.0158. The van der Waals surface area contributed by atoms with Gasteiger partial charge in [0, 0.05) is 5.41 Å². The zero-order valence-electron chi connectivity index (χ0n) is 28.5. The SMILES string of the molecule is CC1(C)CC[C@]23CC[C@]4(C)[C@H](CC[C@@H]5[C@@]6(C)CC[C@H](OC(=O)C7C(C)(C)C7(C)C)C(C)(C)[C@@H]6CC[C@]54C)[C@H]2[C@H]1OC3. The molecule has 0 spiro atoms. The average Bonchev–Trinajstić information content (AvgIpc) is 3.12. The highest BCUT2D eigenvalue weighted by molar-refractivity contribution is 5.79. The molecule has 41 heavy (non-hydrogen) atoms. The van der Waals surface area contributed by atoms with Crippen LogP contribution in [-0.2, 0) is 14.3 Å². The lowest BCUT2D eigenvalue weighted by Crippen LogP contribution is -2.68. The van der Waals surface area contributed by atoms with Gasteiger partial charge in [0.15, 0.2) is 0 Å². The number of hydrogen-bond acceptors (Lipinski definition) is 3. The van der Waals surface area contributed by atoms with Crippen molar-refractivity contribution in [3.63, 3.8) is 0 Å². The second-order valence-corrected chi connectivity index (χ2v) is 19.9. The summed E-state index contributed by atoms with van der Waals surface area (Å²) in [5.41, 5.74) is 1.96. The monoisotopic (exact) mass is 566 g/mol. The number of rotatable bonds is 2. The molecule has 0 radical (unpaired) electrons. The molecule has 1 heterocycles. The van der Waals surface area contributed by atoms with Crippen molar-refractivity contribution in [2.45, 2.75) is 153 Å². The molecule has 6 aliphatic carbocycles. The largest absolute Gasteiger partial charge is 0.462 e. The van der Waals surface area contributed by atoms with E-state index in [1.165, 1.54) is 57.8 Å². The first-order chi connectivity index (χ1) is 18.8. The van der Waals surface area contributed by atoms with E-state index < -0.39 is 0 Å². The highest BCUT2D eigenvalue weighted by Crippen LogP contribution is 2.78. The Kier molecular flexibility index (Phi) is 5.81. The first kappa shape index (κ1) is 29.2. The summed E-state index contributed by atoms with van der Waals surface area (Å²) < 4.78 is 13.3. The fourth-order valence-electron chi connectivity index (χ4n) is 14.2. The molecule has 3 heteroatoms. The highest BCUT2D eigenvalue weighted by Gasteiger charge is 2.73. The molecule has 7 fully saturated rings. The Labute approximate surface area is 252 Å². The van der Waals surface area contributed by atoms with E-state index in [0.29, 0.717) is 39.1 Å². The smallest absolute Gasteiger partial charge is 0.310 e. The number of hydrogen-bond donors (Lipinski definition) is 0. The Morgan fingerprint density at radius 2 is 1.34 bits per heavy atom. The third-order valence-electron chi connectivity index (χ3n) is 17.6. The van der Waals surface area contributed by atoms with E-state index in [1.807, 2.05) is 0 Å². The van der Waals surface area contributed by atoms with Crippen LogP contribution in [0, 0.1) is 72.9 Å². The van der Waals surface area contributed by atoms with Crippen molar-refractivity contribution in [2.24, 2.45) is 72.9 Å². The maximum absolute atomic E-state index is 13.5. The predicted molar refractivity (Wildman–Crippen MR) is 165 cm³/mol. The second kappa shape index (κ2) is 8.17. The highest BCUT2D eigenvalue weighted by atomic mass is 16.5. The van der Waals surface area contributed by atoms with Crippen LogP contribution in [0.15, 0.2) is 0 Å². The van der Waals surface area contributed by atoms with Crippen LogP contribution in [0.2, 0.25) is 0 Å². The third kappa shape index (κ3) is 3.35. The Bertz CT molecular complexity index is 1120. The van der Waals surface area contributed by atoms with Crippen LogP contribution in [0.1, 0.15) is 140 Å². The molecule has 3 nitrogen and oxygen atoms in total. The summed E-state index contributed by atoms with van der Waals surface area (Å²) in [6.07, 6.45) is 13.7. The van der Waals surface area contributed by atoms with Gasteiger partial charge in [0.05, 0.1) is 18.6 Å². The van der Waals surface area contributed by atoms with Gasteiger partial charge in [0.2, 0.25) is 0 Å². The van der Waals surface area contributed by atoms with Crippen molar-refractivity contribution >= 4 is 5.97 Å². The molecule has 232 valence electrons. The molecule has 2 bridgehead atoms. The fraction of sp³-hybridized carbons (Fsp3) is 0.974. The number of esters is 1. The summed E-state index contributed by atoms with van der Waals surface area (Å²) in [6, 6.07) is 0. The number of fused-ring (bicyclic) bond motifs is 5. The maximum Gasteiger partial charge on any atom is 0.310 e. The van der Waals surface area contributed by atoms with Crippen molar-refractivity contribution in [3.05, 3.63) is 0 Å². The number of carbonyl (C=O) groups is 1. The molecular weight excluding hydrogens is 504 g/mol. The summed E-state index contributed by atoms with van der Waals surface area (Å²) >= 11 is 0. The van der Waals surface area contributed by atoms with E-state index in [9.17, 15) is 4.79 Å². The van der Waals surface area contributed by atoms with Crippen LogP contribution in [0.25, 0.3) is 0 Å². The second-order valence-electron chi connectivity index (χ2n) is 19.9. The molecule has 7 aliphatic rings. The van der Waals surface area contributed by atoms with Gasteiger partial charge in [0.1, 0.15) is 6.10 Å². The predicted octanol–water partition coefficient (Wildman–Crippen LogP) is 9.47. The lowest BCUT2D eigenvalue weighted by molar-refractivity contribution is -0.254. The molecule has 6 saturated carbocycles. The van der Waals surface area contributed by atoms with Crippen molar-refractivity contribution in [1.82, 2.24) is 0 Å². The molecule has 1 aliphatic heterocycles. The van der Waals surface area contributed by atoms with Gasteiger partial charge in [-0.2, -0.15) is 0 Å². The van der Waals surface area contributed by atoms with Gasteiger partial charge in [-0.05, 0) is 126 Å². The van der Waals surface area contributed by atoms with Crippen LogP contribution in [0.5, 0.6) is 0 Å². The summed E-state index contributed by atoms with van der Waals surface area (Å²) in [5, 5.41) is 0. The van der Waals surface area contributed by atoms with Crippen molar-refractivity contribution in [1.29, 1.82) is 0 Å². The Hall–Kier alpha value is -0.570. The minimum Gasteiger partial charge on any atom is -0.462 e. The van der Waals surface area contributed by atoms with Crippen LogP contribution in [0.4, 0.5) is 0 Å². The van der Waals surface area contributed by atoms with Gasteiger partial charge < -0.3 is 9.47 Å². The van der Waals surface area contributed by atoms with E-state index in [-0.39, 0.29) is 34.2 Å². The zero-order chi connectivity index (χ0) is 29.8. The van der Waals surface area contributed by atoms with E-state index in [4.69, 9.17) is 9.47 Å². The molecule has 0 N–H and O–H groups in total. The maximum atomic E-state index is 13.5. The Morgan fingerprint density at radius 3 is 2.00 bits per heavy atom. The van der Waals surface area contributed by atoms with Crippen molar-refractivity contribution in [2.75, 3.05) is 6.61 Å². The molecule has 0 aromatic heterocycles.